The number of benzene rings is 1. The van der Waals surface area contributed by atoms with Crippen molar-refractivity contribution in [3.8, 4) is 28.5 Å². The fraction of sp³-hybridized carbons (Fsp3) is 0.182. The lowest BCUT2D eigenvalue weighted by molar-refractivity contribution is 0.0994. The van der Waals surface area contributed by atoms with E-state index in [0.717, 1.165) is 16.7 Å². The highest BCUT2D eigenvalue weighted by Crippen LogP contribution is 2.26. The van der Waals surface area contributed by atoms with Crippen molar-refractivity contribution in [3.63, 3.8) is 0 Å². The van der Waals surface area contributed by atoms with Crippen LogP contribution in [0.4, 0.5) is 0 Å². The van der Waals surface area contributed by atoms with Crippen molar-refractivity contribution in [2.75, 3.05) is 0 Å². The summed E-state index contributed by atoms with van der Waals surface area (Å²) >= 11 is 0. The zero-order chi connectivity index (χ0) is 20.5. The Morgan fingerprint density at radius 1 is 1.07 bits per heavy atom. The molecule has 0 atom stereocenters. The lowest BCUT2D eigenvalue weighted by atomic mass is 10.1. The maximum atomic E-state index is 12.1. The number of pyridine rings is 1. The van der Waals surface area contributed by atoms with Gasteiger partial charge in [-0.15, -0.1) is 10.2 Å². The Kier molecular flexibility index (Phi) is 4.72. The third-order valence-electron chi connectivity index (χ3n) is 4.76. The van der Waals surface area contributed by atoms with E-state index in [9.17, 15) is 4.79 Å². The average molecular weight is 386 g/mol. The van der Waals surface area contributed by atoms with Gasteiger partial charge >= 0.3 is 0 Å². The van der Waals surface area contributed by atoms with Crippen molar-refractivity contribution < 1.29 is 4.79 Å². The largest absolute Gasteiger partial charge is 0.364 e. The van der Waals surface area contributed by atoms with E-state index >= 15 is 0 Å². The minimum Gasteiger partial charge on any atom is -0.364 e. The number of carbonyl (C=O) groups is 1. The minimum atomic E-state index is -0.513. The van der Waals surface area contributed by atoms with Crippen LogP contribution in [0.25, 0.3) is 28.5 Å². The van der Waals surface area contributed by atoms with E-state index in [1.165, 1.54) is 0 Å². The zero-order valence-electron chi connectivity index (χ0n) is 16.6. The molecule has 0 bridgehead atoms. The molecule has 0 fully saturated rings. The Hall–Kier alpha value is -3.74. The fourth-order valence-corrected chi connectivity index (χ4v) is 3.31. The molecular formula is C22H22N6O. The van der Waals surface area contributed by atoms with Crippen LogP contribution in [0.5, 0.6) is 0 Å². The number of aromatic nitrogens is 5. The molecular weight excluding hydrogens is 364 g/mol. The molecule has 0 spiro atoms. The van der Waals surface area contributed by atoms with Gasteiger partial charge in [0.25, 0.3) is 5.91 Å². The van der Waals surface area contributed by atoms with Crippen molar-refractivity contribution in [1.82, 2.24) is 24.3 Å². The van der Waals surface area contributed by atoms with Gasteiger partial charge in [0.05, 0.1) is 0 Å². The SMILES string of the molecule is Cc1cccc(-c2cc(C(N)=O)n(-c3cccc(-c4nncn4C(C)C)n3)c2)c1. The highest BCUT2D eigenvalue weighted by molar-refractivity contribution is 5.93. The van der Waals surface area contributed by atoms with E-state index in [1.54, 1.807) is 17.0 Å². The van der Waals surface area contributed by atoms with Crippen LogP contribution < -0.4 is 5.73 Å². The first-order valence-corrected chi connectivity index (χ1v) is 9.40. The molecule has 0 radical (unpaired) electrons. The molecule has 146 valence electrons. The van der Waals surface area contributed by atoms with E-state index in [1.807, 2.05) is 54.1 Å². The molecule has 0 aliphatic carbocycles. The molecule has 4 aromatic rings. The first kappa shape index (κ1) is 18.6. The normalized spacial score (nSPS) is 11.2. The van der Waals surface area contributed by atoms with Crippen LogP contribution in [-0.2, 0) is 0 Å². The maximum absolute atomic E-state index is 12.1. The molecule has 7 nitrogen and oxygen atoms in total. The monoisotopic (exact) mass is 386 g/mol. The summed E-state index contributed by atoms with van der Waals surface area (Å²) in [6.07, 6.45) is 3.57. The van der Waals surface area contributed by atoms with Gasteiger partial charge in [-0.1, -0.05) is 35.9 Å². The molecule has 4 rings (SSSR count). The van der Waals surface area contributed by atoms with Gasteiger partial charge in [0.15, 0.2) is 5.82 Å². The zero-order valence-corrected chi connectivity index (χ0v) is 16.6. The molecule has 1 aromatic carbocycles. The molecule has 0 saturated heterocycles. The second-order valence-corrected chi connectivity index (χ2v) is 7.25. The number of primary amides is 1. The van der Waals surface area contributed by atoms with Crippen molar-refractivity contribution in [2.45, 2.75) is 26.8 Å². The van der Waals surface area contributed by atoms with Gasteiger partial charge in [-0.25, -0.2) is 4.98 Å². The van der Waals surface area contributed by atoms with Gasteiger partial charge in [0, 0.05) is 17.8 Å². The molecule has 7 heteroatoms. The number of carbonyl (C=O) groups excluding carboxylic acids is 1. The Labute approximate surface area is 168 Å². The molecule has 3 heterocycles. The molecule has 3 aromatic heterocycles. The molecule has 29 heavy (non-hydrogen) atoms. The number of rotatable bonds is 5. The second-order valence-electron chi connectivity index (χ2n) is 7.25. The average Bonchev–Trinajstić information content (AvgIpc) is 3.36. The van der Waals surface area contributed by atoms with Crippen LogP contribution in [0.1, 0.15) is 35.9 Å². The van der Waals surface area contributed by atoms with Crippen molar-refractivity contribution in [2.24, 2.45) is 5.73 Å². The number of hydrogen-bond donors (Lipinski definition) is 1. The molecule has 1 amide bonds. The summed E-state index contributed by atoms with van der Waals surface area (Å²) in [5.74, 6) is 0.753. The van der Waals surface area contributed by atoms with Crippen LogP contribution in [0.15, 0.2) is 61.1 Å². The Morgan fingerprint density at radius 2 is 1.86 bits per heavy atom. The third kappa shape index (κ3) is 3.54. The summed E-state index contributed by atoms with van der Waals surface area (Å²) in [6.45, 7) is 6.15. The Bertz CT molecular complexity index is 1190. The van der Waals surface area contributed by atoms with Gasteiger partial charge in [0.2, 0.25) is 0 Å². The van der Waals surface area contributed by atoms with Crippen LogP contribution >= 0.6 is 0 Å². The quantitative estimate of drug-likeness (QED) is 0.565. The summed E-state index contributed by atoms with van der Waals surface area (Å²) in [5.41, 5.74) is 9.76. The predicted octanol–water partition coefficient (Wildman–Crippen LogP) is 3.79. The Morgan fingerprint density at radius 3 is 2.59 bits per heavy atom. The summed E-state index contributed by atoms with van der Waals surface area (Å²) < 4.78 is 3.68. The highest BCUT2D eigenvalue weighted by Gasteiger charge is 2.17. The lowest BCUT2D eigenvalue weighted by Crippen LogP contribution is -2.16. The van der Waals surface area contributed by atoms with E-state index in [-0.39, 0.29) is 6.04 Å². The summed E-state index contributed by atoms with van der Waals surface area (Å²) in [4.78, 5) is 16.8. The first-order valence-electron chi connectivity index (χ1n) is 9.40. The van der Waals surface area contributed by atoms with Gasteiger partial charge in [-0.2, -0.15) is 0 Å². The second kappa shape index (κ2) is 7.35. The van der Waals surface area contributed by atoms with E-state index in [0.29, 0.717) is 23.0 Å². The van der Waals surface area contributed by atoms with Gasteiger partial charge in [-0.05, 0) is 44.5 Å². The van der Waals surface area contributed by atoms with E-state index in [2.05, 4.69) is 30.1 Å². The molecule has 2 N–H and O–H groups in total. The minimum absolute atomic E-state index is 0.200. The molecule has 0 aliphatic heterocycles. The maximum Gasteiger partial charge on any atom is 0.265 e. The predicted molar refractivity (Wildman–Crippen MR) is 112 cm³/mol. The van der Waals surface area contributed by atoms with Crippen LogP contribution in [0.2, 0.25) is 0 Å². The lowest BCUT2D eigenvalue weighted by Gasteiger charge is -2.11. The van der Waals surface area contributed by atoms with Crippen LogP contribution in [-0.4, -0.2) is 30.2 Å². The number of nitrogens with two attached hydrogens (primary N) is 1. The number of hydrogen-bond acceptors (Lipinski definition) is 4. The first-order chi connectivity index (χ1) is 13.9. The number of amides is 1. The Balaban J connectivity index is 1.83. The smallest absolute Gasteiger partial charge is 0.265 e. The summed E-state index contributed by atoms with van der Waals surface area (Å²) in [7, 11) is 0. The van der Waals surface area contributed by atoms with Crippen LogP contribution in [0, 0.1) is 6.92 Å². The topological polar surface area (TPSA) is 91.6 Å². The highest BCUT2D eigenvalue weighted by atomic mass is 16.1. The summed E-state index contributed by atoms with van der Waals surface area (Å²) in [6, 6.07) is 15.7. The summed E-state index contributed by atoms with van der Waals surface area (Å²) in [5, 5.41) is 8.22. The number of aryl methyl sites for hydroxylation is 1. The standard InChI is InChI=1S/C22H22N6O/c1-14(2)28-13-24-26-22(28)18-8-5-9-20(25-18)27-12-17(11-19(27)21(23)29)16-7-4-6-15(3)10-16/h4-14H,1-3H3,(H2,23,29). The van der Waals surface area contributed by atoms with E-state index in [4.69, 9.17) is 10.7 Å². The van der Waals surface area contributed by atoms with E-state index < -0.39 is 5.91 Å². The van der Waals surface area contributed by atoms with Gasteiger partial charge in [-0.3, -0.25) is 9.36 Å². The third-order valence-corrected chi connectivity index (χ3v) is 4.76. The van der Waals surface area contributed by atoms with Crippen molar-refractivity contribution >= 4 is 5.91 Å². The van der Waals surface area contributed by atoms with Gasteiger partial charge < -0.3 is 10.3 Å². The van der Waals surface area contributed by atoms with Gasteiger partial charge in [0.1, 0.15) is 23.5 Å². The fourth-order valence-electron chi connectivity index (χ4n) is 3.31. The van der Waals surface area contributed by atoms with Crippen LogP contribution in [0.3, 0.4) is 0 Å². The molecule has 0 aliphatic rings. The van der Waals surface area contributed by atoms with Crippen molar-refractivity contribution in [3.05, 3.63) is 72.3 Å². The van der Waals surface area contributed by atoms with Crippen molar-refractivity contribution in [1.29, 1.82) is 0 Å². The molecule has 0 unspecified atom stereocenters. The number of nitrogens with zero attached hydrogens (tertiary/aromatic N) is 5. The molecule has 0 saturated carbocycles.